The van der Waals surface area contributed by atoms with Crippen LogP contribution in [0.2, 0.25) is 0 Å². The van der Waals surface area contributed by atoms with Gasteiger partial charge in [0.1, 0.15) is 11.6 Å². The lowest BCUT2D eigenvalue weighted by atomic mass is 10.0. The predicted molar refractivity (Wildman–Crippen MR) is 79.7 cm³/mol. The Kier molecular flexibility index (Phi) is 5.18. The first-order valence-corrected chi connectivity index (χ1v) is 7.55. The van der Waals surface area contributed by atoms with Crippen LogP contribution in [0.3, 0.4) is 0 Å². The third kappa shape index (κ3) is 3.47. The topological polar surface area (TPSA) is 84.7 Å². The maximum Gasteiger partial charge on any atom is 0.257 e. The first-order valence-electron chi connectivity index (χ1n) is 7.55. The molecule has 1 saturated heterocycles. The number of nitrogens with one attached hydrogen (secondary N) is 1. The van der Waals surface area contributed by atoms with Gasteiger partial charge in [0.2, 0.25) is 5.91 Å². The number of amides is 2. The van der Waals surface area contributed by atoms with Gasteiger partial charge < -0.3 is 19.5 Å². The van der Waals surface area contributed by atoms with Crippen LogP contribution < -0.4 is 5.32 Å². The van der Waals surface area contributed by atoms with E-state index >= 15 is 0 Å². The van der Waals surface area contributed by atoms with Gasteiger partial charge in [-0.3, -0.25) is 9.59 Å². The Balaban J connectivity index is 2.05. The molecule has 22 heavy (non-hydrogen) atoms. The van der Waals surface area contributed by atoms with Crippen molar-refractivity contribution in [2.45, 2.75) is 39.7 Å². The van der Waals surface area contributed by atoms with Gasteiger partial charge in [0.15, 0.2) is 5.76 Å². The van der Waals surface area contributed by atoms with Crippen LogP contribution in [0.1, 0.15) is 48.5 Å². The number of hydrogen-bond donors (Lipinski definition) is 1. The van der Waals surface area contributed by atoms with Gasteiger partial charge in [0, 0.05) is 19.0 Å². The number of morpholine rings is 1. The summed E-state index contributed by atoms with van der Waals surface area (Å²) in [7, 11) is 0. The molecule has 0 spiro atoms. The summed E-state index contributed by atoms with van der Waals surface area (Å²) in [4.78, 5) is 26.5. The molecule has 1 N–H and O–H groups in total. The van der Waals surface area contributed by atoms with E-state index in [9.17, 15) is 9.59 Å². The molecule has 1 aromatic rings. The van der Waals surface area contributed by atoms with Crippen LogP contribution in [-0.4, -0.2) is 54.2 Å². The molecule has 7 heteroatoms. The Bertz CT molecular complexity index is 547. The second-order valence-electron chi connectivity index (χ2n) is 5.79. The molecular formula is C15H23N3O4. The Morgan fingerprint density at radius 2 is 1.86 bits per heavy atom. The standard InChI is InChI=1S/C15H23N3O4/c1-9(2)13-12(10(3)17-22-13)14(19)16-11(4)15(20)18-5-7-21-8-6-18/h9,11H,5-8H2,1-4H3,(H,16,19). The average Bonchev–Trinajstić information content (AvgIpc) is 2.89. The van der Waals surface area contributed by atoms with E-state index in [-0.39, 0.29) is 17.7 Å². The van der Waals surface area contributed by atoms with Gasteiger partial charge in [-0.15, -0.1) is 0 Å². The fourth-order valence-corrected chi connectivity index (χ4v) is 2.45. The SMILES string of the molecule is Cc1noc(C(C)C)c1C(=O)NC(C)C(=O)N1CCOCC1. The van der Waals surface area contributed by atoms with Gasteiger partial charge in [-0.2, -0.15) is 0 Å². The summed E-state index contributed by atoms with van der Waals surface area (Å²) < 4.78 is 10.4. The fourth-order valence-electron chi connectivity index (χ4n) is 2.45. The van der Waals surface area contributed by atoms with Crippen LogP contribution >= 0.6 is 0 Å². The van der Waals surface area contributed by atoms with Crippen molar-refractivity contribution < 1.29 is 18.8 Å². The molecule has 1 aromatic heterocycles. The van der Waals surface area contributed by atoms with Crippen LogP contribution in [0.15, 0.2) is 4.52 Å². The molecule has 2 rings (SSSR count). The van der Waals surface area contributed by atoms with E-state index in [4.69, 9.17) is 9.26 Å². The number of hydrogen-bond acceptors (Lipinski definition) is 5. The molecule has 0 saturated carbocycles. The summed E-state index contributed by atoms with van der Waals surface area (Å²) in [6, 6.07) is -0.597. The van der Waals surface area contributed by atoms with Crippen LogP contribution in [0.25, 0.3) is 0 Å². The highest BCUT2D eigenvalue weighted by Gasteiger charge is 2.27. The van der Waals surface area contributed by atoms with Crippen molar-refractivity contribution in [1.82, 2.24) is 15.4 Å². The third-order valence-corrected chi connectivity index (χ3v) is 3.68. The lowest BCUT2D eigenvalue weighted by molar-refractivity contribution is -0.136. The van der Waals surface area contributed by atoms with Gasteiger partial charge in [0.05, 0.1) is 18.9 Å². The molecule has 1 atom stereocenters. The van der Waals surface area contributed by atoms with Crippen molar-refractivity contribution in [3.05, 3.63) is 17.0 Å². The molecule has 122 valence electrons. The smallest absolute Gasteiger partial charge is 0.257 e. The van der Waals surface area contributed by atoms with E-state index in [2.05, 4.69) is 10.5 Å². The maximum absolute atomic E-state index is 12.4. The number of carbonyl (C=O) groups excluding carboxylic acids is 2. The molecule has 2 amide bonds. The van der Waals surface area contributed by atoms with E-state index in [0.717, 1.165) is 0 Å². The van der Waals surface area contributed by atoms with E-state index in [1.807, 2.05) is 13.8 Å². The Hall–Kier alpha value is -1.89. The Labute approximate surface area is 130 Å². The number of carbonyl (C=O) groups is 2. The van der Waals surface area contributed by atoms with Crippen molar-refractivity contribution in [2.24, 2.45) is 0 Å². The number of nitrogens with zero attached hydrogens (tertiary/aromatic N) is 2. The van der Waals surface area contributed by atoms with Crippen LogP contribution in [0.5, 0.6) is 0 Å². The Morgan fingerprint density at radius 3 is 2.45 bits per heavy atom. The second kappa shape index (κ2) is 6.91. The fraction of sp³-hybridized carbons (Fsp3) is 0.667. The molecule has 2 heterocycles. The highest BCUT2D eigenvalue weighted by molar-refractivity contribution is 5.99. The van der Waals surface area contributed by atoms with Crippen molar-refractivity contribution in [3.63, 3.8) is 0 Å². The summed E-state index contributed by atoms with van der Waals surface area (Å²) >= 11 is 0. The highest BCUT2D eigenvalue weighted by Crippen LogP contribution is 2.22. The number of rotatable bonds is 4. The molecule has 1 fully saturated rings. The summed E-state index contributed by atoms with van der Waals surface area (Å²) in [6.07, 6.45) is 0. The molecule has 7 nitrogen and oxygen atoms in total. The minimum absolute atomic E-state index is 0.0483. The minimum Gasteiger partial charge on any atom is -0.378 e. The summed E-state index contributed by atoms with van der Waals surface area (Å²) in [5.41, 5.74) is 0.962. The van der Waals surface area contributed by atoms with Crippen molar-refractivity contribution >= 4 is 11.8 Å². The summed E-state index contributed by atoms with van der Waals surface area (Å²) in [5.74, 6) is 0.168. The largest absolute Gasteiger partial charge is 0.378 e. The molecule has 0 aromatic carbocycles. The van der Waals surface area contributed by atoms with Gasteiger partial charge in [-0.25, -0.2) is 0 Å². The molecule has 0 radical (unpaired) electrons. The zero-order chi connectivity index (χ0) is 16.3. The zero-order valence-electron chi connectivity index (χ0n) is 13.5. The number of ether oxygens (including phenoxy) is 1. The maximum atomic E-state index is 12.4. The van der Waals surface area contributed by atoms with E-state index in [1.165, 1.54) is 0 Å². The first-order chi connectivity index (χ1) is 10.4. The lowest BCUT2D eigenvalue weighted by Crippen LogP contribution is -2.50. The quantitative estimate of drug-likeness (QED) is 0.899. The molecule has 1 aliphatic heterocycles. The second-order valence-corrected chi connectivity index (χ2v) is 5.79. The van der Waals surface area contributed by atoms with E-state index < -0.39 is 6.04 Å². The monoisotopic (exact) mass is 309 g/mol. The average molecular weight is 309 g/mol. The molecule has 1 aliphatic rings. The van der Waals surface area contributed by atoms with Gasteiger partial charge in [0.25, 0.3) is 5.91 Å². The third-order valence-electron chi connectivity index (χ3n) is 3.68. The Morgan fingerprint density at radius 1 is 1.23 bits per heavy atom. The van der Waals surface area contributed by atoms with Gasteiger partial charge in [-0.05, 0) is 13.8 Å². The minimum atomic E-state index is -0.597. The van der Waals surface area contributed by atoms with E-state index in [0.29, 0.717) is 43.3 Å². The van der Waals surface area contributed by atoms with Crippen LogP contribution in [0, 0.1) is 6.92 Å². The first kappa shape index (κ1) is 16.5. The van der Waals surface area contributed by atoms with E-state index in [1.54, 1.807) is 18.7 Å². The highest BCUT2D eigenvalue weighted by atomic mass is 16.5. The lowest BCUT2D eigenvalue weighted by Gasteiger charge is -2.29. The van der Waals surface area contributed by atoms with Crippen LogP contribution in [-0.2, 0) is 9.53 Å². The molecule has 0 aliphatic carbocycles. The molecular weight excluding hydrogens is 286 g/mol. The molecule has 1 unspecified atom stereocenters. The normalized spacial score (nSPS) is 16.7. The molecule has 0 bridgehead atoms. The van der Waals surface area contributed by atoms with Crippen molar-refractivity contribution in [3.8, 4) is 0 Å². The van der Waals surface area contributed by atoms with Crippen molar-refractivity contribution in [2.75, 3.05) is 26.3 Å². The predicted octanol–water partition coefficient (Wildman–Crippen LogP) is 1.08. The number of aryl methyl sites for hydroxylation is 1. The van der Waals surface area contributed by atoms with Gasteiger partial charge in [-0.1, -0.05) is 19.0 Å². The summed E-state index contributed by atoms with van der Waals surface area (Å²) in [6.45, 7) is 9.46. The van der Waals surface area contributed by atoms with Crippen molar-refractivity contribution in [1.29, 1.82) is 0 Å². The van der Waals surface area contributed by atoms with Crippen LogP contribution in [0.4, 0.5) is 0 Å². The van der Waals surface area contributed by atoms with Gasteiger partial charge >= 0.3 is 0 Å². The zero-order valence-corrected chi connectivity index (χ0v) is 13.5. The summed E-state index contributed by atoms with van der Waals surface area (Å²) in [5, 5.41) is 6.60. The number of aromatic nitrogens is 1.